The van der Waals surface area contributed by atoms with Gasteiger partial charge in [0.2, 0.25) is 0 Å². The fourth-order valence-electron chi connectivity index (χ4n) is 3.43. The molecule has 4 rings (SSSR count). The highest BCUT2D eigenvalue weighted by molar-refractivity contribution is 6.34. The molecular formula is C23H14ClFN2O2. The monoisotopic (exact) mass is 404 g/mol. The number of fused-ring (bicyclic) bond motifs is 1. The third-order valence-electron chi connectivity index (χ3n) is 4.72. The highest BCUT2D eigenvalue weighted by atomic mass is 35.5. The largest absolute Gasteiger partial charge is 0.465 e. The summed E-state index contributed by atoms with van der Waals surface area (Å²) in [6, 6.07) is 20.4. The predicted molar refractivity (Wildman–Crippen MR) is 110 cm³/mol. The van der Waals surface area contributed by atoms with Crippen molar-refractivity contribution in [3.8, 4) is 22.9 Å². The molecule has 4 aromatic rings. The lowest BCUT2D eigenvalue weighted by molar-refractivity contribution is 0.0601. The van der Waals surface area contributed by atoms with E-state index in [9.17, 15) is 14.4 Å². The highest BCUT2D eigenvalue weighted by Gasteiger charge is 2.22. The number of aromatic nitrogens is 1. The van der Waals surface area contributed by atoms with E-state index in [1.54, 1.807) is 41.0 Å². The molecule has 0 aliphatic rings. The summed E-state index contributed by atoms with van der Waals surface area (Å²) in [5, 5.41) is 11.3. The maximum absolute atomic E-state index is 13.5. The molecule has 0 saturated carbocycles. The minimum absolute atomic E-state index is 0.335. The van der Waals surface area contributed by atoms with Crippen molar-refractivity contribution in [3.05, 3.63) is 88.8 Å². The third-order valence-corrected chi connectivity index (χ3v) is 5.05. The average molecular weight is 405 g/mol. The number of nitriles is 1. The van der Waals surface area contributed by atoms with Crippen molar-refractivity contribution >= 4 is 28.5 Å². The van der Waals surface area contributed by atoms with Crippen LogP contribution in [-0.2, 0) is 4.74 Å². The molecule has 1 aromatic heterocycles. The van der Waals surface area contributed by atoms with E-state index >= 15 is 0 Å². The summed E-state index contributed by atoms with van der Waals surface area (Å²) < 4.78 is 20.0. The summed E-state index contributed by atoms with van der Waals surface area (Å²) >= 11 is 6.43. The van der Waals surface area contributed by atoms with Gasteiger partial charge in [-0.1, -0.05) is 35.9 Å². The lowest BCUT2D eigenvalue weighted by Gasteiger charge is -2.08. The van der Waals surface area contributed by atoms with E-state index in [1.807, 2.05) is 18.2 Å². The molecule has 29 heavy (non-hydrogen) atoms. The molecule has 142 valence electrons. The zero-order chi connectivity index (χ0) is 20.5. The Hall–Kier alpha value is -3.62. The van der Waals surface area contributed by atoms with Crippen LogP contribution in [0.3, 0.4) is 0 Å². The Morgan fingerprint density at radius 3 is 2.48 bits per heavy atom. The smallest absolute Gasteiger partial charge is 0.337 e. The normalized spacial score (nSPS) is 10.7. The summed E-state index contributed by atoms with van der Waals surface area (Å²) in [5.41, 5.74) is 3.23. The van der Waals surface area contributed by atoms with Gasteiger partial charge < -0.3 is 9.30 Å². The molecule has 0 aliphatic heterocycles. The van der Waals surface area contributed by atoms with E-state index in [-0.39, 0.29) is 5.82 Å². The second-order valence-corrected chi connectivity index (χ2v) is 6.76. The van der Waals surface area contributed by atoms with Gasteiger partial charge in [0.1, 0.15) is 17.6 Å². The molecule has 1 heterocycles. The summed E-state index contributed by atoms with van der Waals surface area (Å²) in [7, 11) is 1.31. The minimum Gasteiger partial charge on any atom is -0.465 e. The number of esters is 1. The number of halogens is 2. The van der Waals surface area contributed by atoms with E-state index in [4.69, 9.17) is 16.3 Å². The van der Waals surface area contributed by atoms with E-state index in [0.717, 1.165) is 5.39 Å². The molecule has 0 N–H and O–H groups in total. The van der Waals surface area contributed by atoms with Crippen molar-refractivity contribution in [1.29, 1.82) is 5.26 Å². The molecule has 0 bridgehead atoms. The molecule has 0 spiro atoms. The Morgan fingerprint density at radius 1 is 1.10 bits per heavy atom. The maximum atomic E-state index is 13.5. The number of carbonyl (C=O) groups is 1. The number of carbonyl (C=O) groups excluding carboxylic acids is 1. The molecule has 6 heteroatoms. The van der Waals surface area contributed by atoms with Crippen molar-refractivity contribution in [2.45, 2.75) is 0 Å². The number of rotatable bonds is 3. The van der Waals surface area contributed by atoms with Gasteiger partial charge in [0.05, 0.1) is 18.2 Å². The van der Waals surface area contributed by atoms with Crippen LogP contribution in [0.4, 0.5) is 4.39 Å². The van der Waals surface area contributed by atoms with E-state index < -0.39 is 5.97 Å². The first-order valence-corrected chi connectivity index (χ1v) is 9.10. The third kappa shape index (κ3) is 3.14. The van der Waals surface area contributed by atoms with Crippen LogP contribution < -0.4 is 0 Å². The summed E-state index contributed by atoms with van der Waals surface area (Å²) in [6.45, 7) is 0. The fraction of sp³-hybridized carbons (Fsp3) is 0.0435. The van der Waals surface area contributed by atoms with Crippen LogP contribution in [0, 0.1) is 17.1 Å². The maximum Gasteiger partial charge on any atom is 0.337 e. The Kier molecular flexibility index (Phi) is 4.79. The van der Waals surface area contributed by atoms with Gasteiger partial charge in [-0.3, -0.25) is 0 Å². The number of methoxy groups -OCH3 is 1. The van der Waals surface area contributed by atoms with Crippen LogP contribution in [0.15, 0.2) is 66.7 Å². The second kappa shape index (κ2) is 7.42. The molecular weight excluding hydrogens is 391 g/mol. The van der Waals surface area contributed by atoms with Crippen LogP contribution in [0.1, 0.15) is 16.1 Å². The van der Waals surface area contributed by atoms with Crippen LogP contribution in [0.5, 0.6) is 0 Å². The molecule has 0 fully saturated rings. The number of benzene rings is 3. The van der Waals surface area contributed by atoms with Crippen LogP contribution >= 0.6 is 11.6 Å². The average Bonchev–Trinajstić information content (AvgIpc) is 3.07. The van der Waals surface area contributed by atoms with E-state index in [0.29, 0.717) is 38.6 Å². The Labute approximate surface area is 171 Å². The quantitative estimate of drug-likeness (QED) is 0.408. The van der Waals surface area contributed by atoms with Gasteiger partial charge in [-0.25, -0.2) is 9.18 Å². The van der Waals surface area contributed by atoms with Gasteiger partial charge in [-0.15, -0.1) is 0 Å². The van der Waals surface area contributed by atoms with Gasteiger partial charge >= 0.3 is 5.97 Å². The predicted octanol–water partition coefficient (Wildman–Crippen LogP) is 5.75. The number of nitrogens with zero attached hydrogens (tertiary/aromatic N) is 2. The first-order valence-electron chi connectivity index (χ1n) is 8.73. The van der Waals surface area contributed by atoms with Crippen molar-refractivity contribution in [2.75, 3.05) is 7.11 Å². The van der Waals surface area contributed by atoms with Gasteiger partial charge in [0.25, 0.3) is 0 Å². The molecule has 0 aliphatic carbocycles. The molecule has 0 atom stereocenters. The summed E-state index contributed by atoms with van der Waals surface area (Å²) in [4.78, 5) is 12.1. The summed E-state index contributed by atoms with van der Waals surface area (Å²) in [6.07, 6.45) is 0. The SMILES string of the molecule is COC(=O)c1ccc2c(-c3ccccc3Cl)c(C#N)n(-c3ccc(F)cc3)c2c1. The van der Waals surface area contributed by atoms with Crippen molar-refractivity contribution in [3.63, 3.8) is 0 Å². The minimum atomic E-state index is -0.489. The molecule has 0 radical (unpaired) electrons. The summed E-state index contributed by atoms with van der Waals surface area (Å²) in [5.74, 6) is -0.873. The van der Waals surface area contributed by atoms with Crippen molar-refractivity contribution in [2.24, 2.45) is 0 Å². The standard InChI is InChI=1S/C23H14ClFN2O2/c1-29-23(28)14-6-11-18-20(12-14)27(16-9-7-15(25)8-10-16)21(13-26)22(18)17-4-2-3-5-19(17)24/h2-12H,1H3. The van der Waals surface area contributed by atoms with Crippen LogP contribution in [-0.4, -0.2) is 17.6 Å². The number of hydrogen-bond acceptors (Lipinski definition) is 3. The van der Waals surface area contributed by atoms with Gasteiger partial charge in [0, 0.05) is 27.2 Å². The Bertz CT molecular complexity index is 1290. The van der Waals surface area contributed by atoms with Gasteiger partial charge in [-0.2, -0.15) is 5.26 Å². The van der Waals surface area contributed by atoms with E-state index in [2.05, 4.69) is 6.07 Å². The second-order valence-electron chi connectivity index (χ2n) is 6.35. The van der Waals surface area contributed by atoms with Gasteiger partial charge in [0.15, 0.2) is 0 Å². The first-order chi connectivity index (χ1) is 14.0. The van der Waals surface area contributed by atoms with E-state index in [1.165, 1.54) is 19.2 Å². The van der Waals surface area contributed by atoms with Gasteiger partial charge in [-0.05, 0) is 42.5 Å². The Morgan fingerprint density at radius 2 is 1.83 bits per heavy atom. The molecule has 4 nitrogen and oxygen atoms in total. The number of ether oxygens (including phenoxy) is 1. The first kappa shape index (κ1) is 18.7. The number of hydrogen-bond donors (Lipinski definition) is 0. The molecule has 0 amide bonds. The lowest BCUT2D eigenvalue weighted by atomic mass is 10.0. The fourth-order valence-corrected chi connectivity index (χ4v) is 3.66. The van der Waals surface area contributed by atoms with Crippen LogP contribution in [0.2, 0.25) is 5.02 Å². The van der Waals surface area contributed by atoms with Crippen molar-refractivity contribution in [1.82, 2.24) is 4.57 Å². The topological polar surface area (TPSA) is 55.0 Å². The Balaban J connectivity index is 2.14. The molecule has 3 aromatic carbocycles. The van der Waals surface area contributed by atoms with Crippen LogP contribution in [0.25, 0.3) is 27.7 Å². The molecule has 0 saturated heterocycles. The highest BCUT2D eigenvalue weighted by Crippen LogP contribution is 2.40. The molecule has 0 unspecified atom stereocenters. The zero-order valence-electron chi connectivity index (χ0n) is 15.3. The van der Waals surface area contributed by atoms with Crippen molar-refractivity contribution < 1.29 is 13.9 Å². The lowest BCUT2D eigenvalue weighted by Crippen LogP contribution is -2.02. The zero-order valence-corrected chi connectivity index (χ0v) is 16.1.